The summed E-state index contributed by atoms with van der Waals surface area (Å²) in [4.78, 5) is 0. The molecule has 2 aliphatic rings. The van der Waals surface area contributed by atoms with Crippen molar-refractivity contribution in [3.05, 3.63) is 47.7 Å². The molecule has 0 saturated carbocycles. The average molecular weight is 320 g/mol. The van der Waals surface area contributed by atoms with Gasteiger partial charge in [-0.1, -0.05) is 12.1 Å². The van der Waals surface area contributed by atoms with Crippen LogP contribution in [0.25, 0.3) is 22.0 Å². The van der Waals surface area contributed by atoms with Crippen LogP contribution in [0.15, 0.2) is 36.5 Å². The van der Waals surface area contributed by atoms with Crippen LogP contribution < -0.4 is 18.8 Å². The second kappa shape index (κ2) is 4.87. The van der Waals surface area contributed by atoms with Crippen molar-refractivity contribution in [2.24, 2.45) is 0 Å². The van der Waals surface area contributed by atoms with Crippen LogP contribution in [0.3, 0.4) is 0 Å². The maximum atomic E-state index is 5.63. The Labute approximate surface area is 140 Å². The Balaban J connectivity index is 1.77. The first kappa shape index (κ1) is 13.7. The number of methoxy groups -OCH3 is 1. The molecule has 2 aromatic carbocycles. The quantitative estimate of drug-likeness (QED) is 0.644. The largest absolute Gasteiger partial charge is 0.496 e. The lowest BCUT2D eigenvalue weighted by atomic mass is 9.95. The maximum absolute atomic E-state index is 5.63. The normalized spacial score (nSPS) is 14.4. The highest BCUT2D eigenvalue weighted by molar-refractivity contribution is 5.90. The summed E-state index contributed by atoms with van der Waals surface area (Å²) in [6, 6.07) is 10.8. The number of nitrogens with zero attached hydrogens (tertiary/aromatic N) is 1. The number of ether oxygens (including phenoxy) is 3. The fraction of sp³-hybridized carbons (Fsp3) is 0.250. The average Bonchev–Trinajstić information content (AvgIpc) is 3.05. The van der Waals surface area contributed by atoms with E-state index in [0.717, 1.165) is 41.2 Å². The molecule has 5 rings (SSSR count). The van der Waals surface area contributed by atoms with Gasteiger partial charge in [0.1, 0.15) is 5.75 Å². The van der Waals surface area contributed by atoms with Crippen molar-refractivity contribution in [3.63, 3.8) is 0 Å². The molecule has 0 aliphatic carbocycles. The third-order valence-corrected chi connectivity index (χ3v) is 5.01. The van der Waals surface area contributed by atoms with E-state index in [9.17, 15) is 0 Å². The van der Waals surface area contributed by atoms with E-state index in [1.54, 1.807) is 7.11 Å². The molecule has 0 saturated heterocycles. The van der Waals surface area contributed by atoms with Gasteiger partial charge in [-0.2, -0.15) is 4.57 Å². The monoisotopic (exact) mass is 320 g/mol. The minimum atomic E-state index is 0.312. The van der Waals surface area contributed by atoms with Gasteiger partial charge in [0, 0.05) is 12.5 Å². The number of benzene rings is 2. The molecule has 3 aromatic rings. The van der Waals surface area contributed by atoms with Crippen LogP contribution in [0.1, 0.15) is 11.1 Å². The Bertz CT molecular complexity index is 994. The summed E-state index contributed by atoms with van der Waals surface area (Å²) >= 11 is 0. The first-order valence-electron chi connectivity index (χ1n) is 8.18. The predicted molar refractivity (Wildman–Crippen MR) is 90.7 cm³/mol. The lowest BCUT2D eigenvalue weighted by Gasteiger charge is -2.17. The Morgan fingerprint density at radius 3 is 2.75 bits per heavy atom. The van der Waals surface area contributed by atoms with Gasteiger partial charge in [-0.25, -0.2) is 0 Å². The molecule has 120 valence electrons. The van der Waals surface area contributed by atoms with Crippen LogP contribution in [0, 0.1) is 6.92 Å². The van der Waals surface area contributed by atoms with Crippen molar-refractivity contribution < 1.29 is 18.8 Å². The van der Waals surface area contributed by atoms with Crippen molar-refractivity contribution in [2.75, 3.05) is 13.9 Å². The molecule has 0 bridgehead atoms. The van der Waals surface area contributed by atoms with E-state index in [-0.39, 0.29) is 0 Å². The molecule has 0 amide bonds. The minimum Gasteiger partial charge on any atom is -0.496 e. The summed E-state index contributed by atoms with van der Waals surface area (Å²) in [6.07, 6.45) is 3.20. The Hall–Kier alpha value is -2.75. The van der Waals surface area contributed by atoms with Gasteiger partial charge in [-0.05, 0) is 35.6 Å². The van der Waals surface area contributed by atoms with Crippen LogP contribution in [0.5, 0.6) is 17.2 Å². The molecule has 24 heavy (non-hydrogen) atoms. The molecule has 0 radical (unpaired) electrons. The molecule has 0 fully saturated rings. The lowest BCUT2D eigenvalue weighted by molar-refractivity contribution is -0.686. The standard InChI is InChI=1S/C20H18NO3/c1-12-3-4-13-7-17-15-9-19-18(23-11-24-19)8-14(15)5-6-21(17)10-16(13)20(12)22-2/h3-4,7-10H,5-6,11H2,1-2H3/q+1. The molecule has 0 N–H and O–H groups in total. The minimum absolute atomic E-state index is 0.312. The fourth-order valence-electron chi connectivity index (χ4n) is 3.80. The van der Waals surface area contributed by atoms with E-state index >= 15 is 0 Å². The van der Waals surface area contributed by atoms with Crippen LogP contribution in [-0.4, -0.2) is 13.9 Å². The molecule has 0 spiro atoms. The van der Waals surface area contributed by atoms with Crippen molar-refractivity contribution in [1.29, 1.82) is 0 Å². The molecule has 4 nitrogen and oxygen atoms in total. The van der Waals surface area contributed by atoms with Gasteiger partial charge >= 0.3 is 0 Å². The number of pyridine rings is 1. The molecule has 0 unspecified atom stereocenters. The molecular formula is C20H18NO3+. The van der Waals surface area contributed by atoms with Gasteiger partial charge in [0.25, 0.3) is 0 Å². The highest BCUT2D eigenvalue weighted by Crippen LogP contribution is 2.40. The first-order chi connectivity index (χ1) is 11.7. The predicted octanol–water partition coefficient (Wildman–Crippen LogP) is 3.40. The Morgan fingerprint density at radius 2 is 1.92 bits per heavy atom. The first-order valence-corrected chi connectivity index (χ1v) is 8.18. The van der Waals surface area contributed by atoms with E-state index in [1.807, 2.05) is 0 Å². The van der Waals surface area contributed by atoms with Gasteiger partial charge in [-0.15, -0.1) is 0 Å². The summed E-state index contributed by atoms with van der Waals surface area (Å²) in [5.41, 5.74) is 4.92. The summed E-state index contributed by atoms with van der Waals surface area (Å²) in [5.74, 6) is 2.66. The van der Waals surface area contributed by atoms with Crippen molar-refractivity contribution in [1.82, 2.24) is 0 Å². The summed E-state index contributed by atoms with van der Waals surface area (Å²) in [5, 5.41) is 2.35. The molecule has 0 atom stereocenters. The van der Waals surface area contributed by atoms with Gasteiger partial charge < -0.3 is 14.2 Å². The summed E-state index contributed by atoms with van der Waals surface area (Å²) in [6.45, 7) is 3.35. The summed E-state index contributed by atoms with van der Waals surface area (Å²) in [7, 11) is 1.74. The molecule has 3 heterocycles. The van der Waals surface area contributed by atoms with Crippen molar-refractivity contribution in [3.8, 4) is 28.5 Å². The fourth-order valence-corrected chi connectivity index (χ4v) is 3.80. The number of aromatic nitrogens is 1. The van der Waals surface area contributed by atoms with Gasteiger partial charge in [-0.3, -0.25) is 0 Å². The third-order valence-electron chi connectivity index (χ3n) is 5.01. The lowest BCUT2D eigenvalue weighted by Crippen LogP contribution is -2.40. The van der Waals surface area contributed by atoms with Crippen LogP contribution >= 0.6 is 0 Å². The zero-order chi connectivity index (χ0) is 16.3. The second-order valence-corrected chi connectivity index (χ2v) is 6.38. The van der Waals surface area contributed by atoms with Gasteiger partial charge in [0.05, 0.1) is 18.1 Å². The van der Waals surface area contributed by atoms with E-state index in [2.05, 4.69) is 48.0 Å². The van der Waals surface area contributed by atoms with Crippen molar-refractivity contribution >= 4 is 10.8 Å². The maximum Gasteiger partial charge on any atom is 0.231 e. The SMILES string of the molecule is COc1c(C)ccc2cc3[n+](cc12)CCc1cc2c(cc1-3)OCO2. The molecule has 4 heteroatoms. The van der Waals surface area contributed by atoms with E-state index in [4.69, 9.17) is 14.2 Å². The topological polar surface area (TPSA) is 31.6 Å². The van der Waals surface area contributed by atoms with Gasteiger partial charge in [0.2, 0.25) is 12.5 Å². The zero-order valence-corrected chi connectivity index (χ0v) is 13.8. The van der Waals surface area contributed by atoms with E-state index < -0.39 is 0 Å². The van der Waals surface area contributed by atoms with Crippen LogP contribution in [0.2, 0.25) is 0 Å². The molecule has 2 aliphatic heterocycles. The number of aryl methyl sites for hydroxylation is 3. The van der Waals surface area contributed by atoms with Crippen LogP contribution in [0.4, 0.5) is 0 Å². The molecule has 1 aromatic heterocycles. The molecular weight excluding hydrogens is 302 g/mol. The second-order valence-electron chi connectivity index (χ2n) is 6.38. The highest BCUT2D eigenvalue weighted by atomic mass is 16.7. The number of fused-ring (bicyclic) bond motifs is 5. The van der Waals surface area contributed by atoms with Gasteiger partial charge in [0.15, 0.2) is 24.2 Å². The summed E-state index contributed by atoms with van der Waals surface area (Å²) < 4.78 is 19.0. The van der Waals surface area contributed by atoms with Crippen LogP contribution in [-0.2, 0) is 13.0 Å². The smallest absolute Gasteiger partial charge is 0.231 e. The number of hydrogen-bond donors (Lipinski definition) is 0. The zero-order valence-electron chi connectivity index (χ0n) is 13.8. The highest BCUT2D eigenvalue weighted by Gasteiger charge is 2.28. The number of hydrogen-bond acceptors (Lipinski definition) is 3. The Morgan fingerprint density at radius 1 is 1.08 bits per heavy atom. The third kappa shape index (κ3) is 1.83. The Kier molecular flexibility index (Phi) is 2.77. The van der Waals surface area contributed by atoms with Crippen molar-refractivity contribution in [2.45, 2.75) is 19.9 Å². The van der Waals surface area contributed by atoms with E-state index in [1.165, 1.54) is 22.2 Å². The number of rotatable bonds is 1. The van der Waals surface area contributed by atoms with E-state index in [0.29, 0.717) is 6.79 Å².